The molecule has 1 aromatic carbocycles. The van der Waals surface area contributed by atoms with Crippen LogP contribution in [-0.2, 0) is 9.59 Å². The van der Waals surface area contributed by atoms with Crippen LogP contribution in [0.1, 0.15) is 26.2 Å². The van der Waals surface area contributed by atoms with Gasteiger partial charge in [-0.2, -0.15) is 0 Å². The fourth-order valence-corrected chi connectivity index (χ4v) is 3.81. The van der Waals surface area contributed by atoms with Gasteiger partial charge in [-0.25, -0.2) is 8.78 Å². The molecule has 25 heavy (non-hydrogen) atoms. The Hall–Kier alpha value is -2.02. The second-order valence-corrected chi connectivity index (χ2v) is 7.05. The van der Waals surface area contributed by atoms with Crippen LogP contribution >= 0.6 is 0 Å². The molecule has 0 aromatic heterocycles. The average Bonchev–Trinajstić information content (AvgIpc) is 2.95. The van der Waals surface area contributed by atoms with E-state index < -0.39 is 17.6 Å². The van der Waals surface area contributed by atoms with Crippen molar-refractivity contribution >= 4 is 17.5 Å². The SMILES string of the molecule is CC1CCN(C(=O)C2CC(=O)N(c3ccc(F)cc3F)C2)C(CN)C1. The molecule has 2 heterocycles. The molecule has 2 amide bonds. The van der Waals surface area contributed by atoms with E-state index in [2.05, 4.69) is 6.92 Å². The zero-order valence-electron chi connectivity index (χ0n) is 14.3. The summed E-state index contributed by atoms with van der Waals surface area (Å²) in [6.07, 6.45) is 1.82. The van der Waals surface area contributed by atoms with Gasteiger partial charge in [0, 0.05) is 38.2 Å². The standard InChI is InChI=1S/C18H23F2N3O2/c1-11-4-5-22(14(6-11)9-21)18(25)12-7-17(24)23(10-12)16-3-2-13(19)8-15(16)20/h2-3,8,11-12,14H,4-7,9-10,21H2,1H3. The van der Waals surface area contributed by atoms with E-state index in [1.54, 1.807) is 4.90 Å². The highest BCUT2D eigenvalue weighted by Crippen LogP contribution is 2.31. The zero-order valence-corrected chi connectivity index (χ0v) is 14.3. The molecular weight excluding hydrogens is 328 g/mol. The third-order valence-corrected chi connectivity index (χ3v) is 5.21. The molecule has 0 spiro atoms. The van der Waals surface area contributed by atoms with Crippen LogP contribution < -0.4 is 10.6 Å². The summed E-state index contributed by atoms with van der Waals surface area (Å²) in [5.41, 5.74) is 5.83. The maximum absolute atomic E-state index is 14.0. The van der Waals surface area contributed by atoms with E-state index in [-0.39, 0.29) is 36.5 Å². The molecule has 5 nitrogen and oxygen atoms in total. The van der Waals surface area contributed by atoms with E-state index in [0.29, 0.717) is 19.0 Å². The largest absolute Gasteiger partial charge is 0.338 e. The van der Waals surface area contributed by atoms with Crippen molar-refractivity contribution < 1.29 is 18.4 Å². The Morgan fingerprint density at radius 2 is 2.12 bits per heavy atom. The second-order valence-electron chi connectivity index (χ2n) is 7.05. The van der Waals surface area contributed by atoms with Crippen molar-refractivity contribution in [1.82, 2.24) is 4.90 Å². The highest BCUT2D eigenvalue weighted by atomic mass is 19.1. The summed E-state index contributed by atoms with van der Waals surface area (Å²) in [4.78, 5) is 28.2. The summed E-state index contributed by atoms with van der Waals surface area (Å²) in [6.45, 7) is 3.29. The minimum absolute atomic E-state index is 0.0111. The summed E-state index contributed by atoms with van der Waals surface area (Å²) in [7, 11) is 0. The zero-order chi connectivity index (χ0) is 18.1. The van der Waals surface area contributed by atoms with Gasteiger partial charge in [-0.05, 0) is 30.9 Å². The smallest absolute Gasteiger partial charge is 0.228 e. The number of hydrogen-bond donors (Lipinski definition) is 1. The molecule has 2 aliphatic rings. The molecule has 2 fully saturated rings. The molecule has 3 rings (SSSR count). The predicted octanol–water partition coefficient (Wildman–Crippen LogP) is 1.90. The lowest BCUT2D eigenvalue weighted by Crippen LogP contribution is -2.51. The first-order chi connectivity index (χ1) is 11.9. The molecule has 7 heteroatoms. The summed E-state index contributed by atoms with van der Waals surface area (Å²) >= 11 is 0. The molecule has 2 aliphatic heterocycles. The highest BCUT2D eigenvalue weighted by Gasteiger charge is 2.40. The van der Waals surface area contributed by atoms with Gasteiger partial charge in [-0.15, -0.1) is 0 Å². The fourth-order valence-electron chi connectivity index (χ4n) is 3.81. The van der Waals surface area contributed by atoms with Gasteiger partial charge in [-0.1, -0.05) is 6.92 Å². The molecule has 136 valence electrons. The van der Waals surface area contributed by atoms with E-state index in [1.807, 2.05) is 0 Å². The van der Waals surface area contributed by atoms with Gasteiger partial charge in [0.15, 0.2) is 0 Å². The first-order valence-corrected chi connectivity index (χ1v) is 8.66. The third kappa shape index (κ3) is 3.51. The number of amides is 2. The van der Waals surface area contributed by atoms with Crippen LogP contribution in [0.2, 0.25) is 0 Å². The number of piperidine rings is 1. The van der Waals surface area contributed by atoms with E-state index in [4.69, 9.17) is 5.73 Å². The number of nitrogens with zero attached hydrogens (tertiary/aromatic N) is 2. The Kier molecular flexibility index (Phi) is 5.03. The summed E-state index contributed by atoms with van der Waals surface area (Å²) in [5.74, 6) is -1.91. The van der Waals surface area contributed by atoms with Gasteiger partial charge in [0.05, 0.1) is 11.6 Å². The molecule has 0 saturated carbocycles. The summed E-state index contributed by atoms with van der Waals surface area (Å²) in [6, 6.07) is 3.08. The van der Waals surface area contributed by atoms with E-state index in [9.17, 15) is 18.4 Å². The Morgan fingerprint density at radius 3 is 2.80 bits per heavy atom. The lowest BCUT2D eigenvalue weighted by Gasteiger charge is -2.39. The van der Waals surface area contributed by atoms with Crippen LogP contribution in [0.4, 0.5) is 14.5 Å². The lowest BCUT2D eigenvalue weighted by molar-refractivity contribution is -0.139. The van der Waals surface area contributed by atoms with E-state index >= 15 is 0 Å². The van der Waals surface area contributed by atoms with Crippen LogP contribution in [0.3, 0.4) is 0 Å². The average molecular weight is 351 g/mol. The highest BCUT2D eigenvalue weighted by molar-refractivity contribution is 6.00. The van der Waals surface area contributed by atoms with Gasteiger partial charge in [0.1, 0.15) is 11.6 Å². The molecule has 1 aromatic rings. The van der Waals surface area contributed by atoms with Gasteiger partial charge < -0.3 is 15.5 Å². The van der Waals surface area contributed by atoms with Crippen molar-refractivity contribution in [2.75, 3.05) is 24.5 Å². The van der Waals surface area contributed by atoms with Crippen LogP contribution in [0.25, 0.3) is 0 Å². The van der Waals surface area contributed by atoms with Gasteiger partial charge in [0.25, 0.3) is 0 Å². The number of nitrogens with two attached hydrogens (primary N) is 1. The number of hydrogen-bond acceptors (Lipinski definition) is 3. The van der Waals surface area contributed by atoms with Crippen LogP contribution in [0.5, 0.6) is 0 Å². The fraction of sp³-hybridized carbons (Fsp3) is 0.556. The third-order valence-electron chi connectivity index (χ3n) is 5.21. The Bertz CT molecular complexity index is 682. The monoisotopic (exact) mass is 351 g/mol. The molecular formula is C18H23F2N3O2. The van der Waals surface area contributed by atoms with Crippen molar-refractivity contribution in [3.05, 3.63) is 29.8 Å². The number of carbonyl (C=O) groups excluding carboxylic acids is 2. The van der Waals surface area contributed by atoms with E-state index in [1.165, 1.54) is 11.0 Å². The summed E-state index contributed by atoms with van der Waals surface area (Å²) < 4.78 is 27.0. The first-order valence-electron chi connectivity index (χ1n) is 8.66. The van der Waals surface area contributed by atoms with Crippen LogP contribution in [0.15, 0.2) is 18.2 Å². The first kappa shape index (κ1) is 17.8. The molecule has 0 radical (unpaired) electrons. The van der Waals surface area contributed by atoms with Crippen molar-refractivity contribution in [1.29, 1.82) is 0 Å². The summed E-state index contributed by atoms with van der Waals surface area (Å²) in [5, 5.41) is 0. The Balaban J connectivity index is 1.74. The molecule has 2 saturated heterocycles. The quantitative estimate of drug-likeness (QED) is 0.905. The Labute approximate surface area is 145 Å². The topological polar surface area (TPSA) is 66.6 Å². The van der Waals surface area contributed by atoms with Crippen LogP contribution in [0, 0.1) is 23.5 Å². The van der Waals surface area contributed by atoms with Crippen molar-refractivity contribution in [3.63, 3.8) is 0 Å². The lowest BCUT2D eigenvalue weighted by atomic mass is 9.91. The van der Waals surface area contributed by atoms with E-state index in [0.717, 1.165) is 25.0 Å². The molecule has 3 unspecified atom stereocenters. The van der Waals surface area contributed by atoms with Crippen molar-refractivity contribution in [2.24, 2.45) is 17.6 Å². The maximum Gasteiger partial charge on any atom is 0.228 e. The number of rotatable bonds is 3. The Morgan fingerprint density at radius 1 is 1.36 bits per heavy atom. The van der Waals surface area contributed by atoms with Crippen molar-refractivity contribution in [2.45, 2.75) is 32.2 Å². The van der Waals surface area contributed by atoms with Gasteiger partial charge in [0.2, 0.25) is 11.8 Å². The second kappa shape index (κ2) is 7.07. The number of likely N-dealkylation sites (tertiary alicyclic amines) is 1. The van der Waals surface area contributed by atoms with Gasteiger partial charge in [-0.3, -0.25) is 9.59 Å². The number of anilines is 1. The minimum atomic E-state index is -0.798. The molecule has 3 atom stereocenters. The predicted molar refractivity (Wildman–Crippen MR) is 89.8 cm³/mol. The molecule has 0 bridgehead atoms. The number of halogens is 2. The minimum Gasteiger partial charge on any atom is -0.338 e. The number of carbonyl (C=O) groups is 2. The molecule has 0 aliphatic carbocycles. The van der Waals surface area contributed by atoms with Crippen LogP contribution in [-0.4, -0.2) is 42.4 Å². The number of benzene rings is 1. The normalized spacial score (nSPS) is 27.0. The van der Waals surface area contributed by atoms with Crippen molar-refractivity contribution in [3.8, 4) is 0 Å². The van der Waals surface area contributed by atoms with Gasteiger partial charge >= 0.3 is 0 Å². The maximum atomic E-state index is 14.0. The molecule has 2 N–H and O–H groups in total.